The maximum Gasteiger partial charge on any atom is 0.119 e. The first-order valence-electron chi connectivity index (χ1n) is 6.95. The fraction of sp³-hybridized carbons (Fsp3) is 0.294. The van der Waals surface area contributed by atoms with Gasteiger partial charge in [0.15, 0.2) is 0 Å². The minimum atomic E-state index is 0.319. The Labute approximate surface area is 139 Å². The number of rotatable bonds is 7. The van der Waals surface area contributed by atoms with Crippen LogP contribution in [0.25, 0.3) is 0 Å². The molecule has 0 amide bonds. The molecule has 0 aromatic heterocycles. The fourth-order valence-electron chi connectivity index (χ4n) is 2.03. The van der Waals surface area contributed by atoms with E-state index >= 15 is 0 Å². The quantitative estimate of drug-likeness (QED) is 0.556. The van der Waals surface area contributed by atoms with Gasteiger partial charge in [0.05, 0.1) is 7.11 Å². The predicted molar refractivity (Wildman–Crippen MR) is 94.3 cm³/mol. The molecule has 1 unspecified atom stereocenters. The van der Waals surface area contributed by atoms with Crippen LogP contribution in [0, 0.1) is 0 Å². The third kappa shape index (κ3) is 5.06. The van der Waals surface area contributed by atoms with Crippen LogP contribution in [0.5, 0.6) is 5.75 Å². The highest BCUT2D eigenvalue weighted by atomic mass is 79.9. The summed E-state index contributed by atoms with van der Waals surface area (Å²) in [6.07, 6.45) is 0. The van der Waals surface area contributed by atoms with Crippen molar-refractivity contribution >= 4 is 27.7 Å². The zero-order chi connectivity index (χ0) is 15.1. The van der Waals surface area contributed by atoms with Gasteiger partial charge < -0.3 is 10.1 Å². The van der Waals surface area contributed by atoms with E-state index in [1.807, 2.05) is 30.0 Å². The van der Waals surface area contributed by atoms with E-state index < -0.39 is 0 Å². The molecule has 0 saturated carbocycles. The van der Waals surface area contributed by atoms with Gasteiger partial charge in [0, 0.05) is 27.7 Å². The predicted octanol–water partition coefficient (Wildman–Crippen LogP) is 4.90. The van der Waals surface area contributed by atoms with E-state index in [2.05, 4.69) is 58.5 Å². The van der Waals surface area contributed by atoms with Crippen LogP contribution in [0.1, 0.15) is 18.5 Å². The summed E-state index contributed by atoms with van der Waals surface area (Å²) in [5, 5.41) is 3.55. The van der Waals surface area contributed by atoms with Gasteiger partial charge in [-0.2, -0.15) is 0 Å². The smallest absolute Gasteiger partial charge is 0.119 e. The molecule has 112 valence electrons. The Morgan fingerprint density at radius 3 is 2.76 bits per heavy atom. The number of thioether (sulfide) groups is 1. The van der Waals surface area contributed by atoms with Gasteiger partial charge in [-0.3, -0.25) is 0 Å². The Kier molecular flexibility index (Phi) is 6.61. The SMILES string of the molecule is COc1cccc(C(C)NCCSc2ccccc2Br)c1. The van der Waals surface area contributed by atoms with Crippen molar-refractivity contribution in [2.75, 3.05) is 19.4 Å². The normalized spacial score (nSPS) is 12.1. The third-order valence-corrected chi connectivity index (χ3v) is 5.27. The Morgan fingerprint density at radius 2 is 2.00 bits per heavy atom. The van der Waals surface area contributed by atoms with Crippen molar-refractivity contribution in [2.24, 2.45) is 0 Å². The largest absolute Gasteiger partial charge is 0.497 e. The van der Waals surface area contributed by atoms with E-state index in [1.54, 1.807) is 7.11 Å². The number of benzene rings is 2. The van der Waals surface area contributed by atoms with Crippen molar-refractivity contribution in [3.05, 3.63) is 58.6 Å². The Balaban J connectivity index is 1.79. The Hall–Kier alpha value is -0.970. The van der Waals surface area contributed by atoms with Gasteiger partial charge in [-0.1, -0.05) is 24.3 Å². The van der Waals surface area contributed by atoms with Crippen LogP contribution < -0.4 is 10.1 Å². The number of hydrogen-bond acceptors (Lipinski definition) is 3. The highest BCUT2D eigenvalue weighted by Crippen LogP contribution is 2.26. The Morgan fingerprint density at radius 1 is 1.19 bits per heavy atom. The molecule has 0 radical (unpaired) electrons. The van der Waals surface area contributed by atoms with Gasteiger partial charge in [0.25, 0.3) is 0 Å². The monoisotopic (exact) mass is 365 g/mol. The molecule has 0 aliphatic heterocycles. The summed E-state index contributed by atoms with van der Waals surface area (Å²) in [6, 6.07) is 16.9. The van der Waals surface area contributed by atoms with Crippen molar-refractivity contribution in [3.63, 3.8) is 0 Å². The molecule has 0 aliphatic carbocycles. The van der Waals surface area contributed by atoms with E-state index in [1.165, 1.54) is 10.5 Å². The second kappa shape index (κ2) is 8.47. The molecule has 0 aliphatic rings. The summed E-state index contributed by atoms with van der Waals surface area (Å²) >= 11 is 5.43. The molecular formula is C17H20BrNOS. The molecule has 0 saturated heterocycles. The first-order valence-corrected chi connectivity index (χ1v) is 8.73. The van der Waals surface area contributed by atoms with Gasteiger partial charge in [0.1, 0.15) is 5.75 Å². The van der Waals surface area contributed by atoms with Crippen LogP contribution in [0.4, 0.5) is 0 Å². The fourth-order valence-corrected chi connectivity index (χ4v) is 3.48. The van der Waals surface area contributed by atoms with Crippen LogP contribution >= 0.6 is 27.7 Å². The molecule has 4 heteroatoms. The molecule has 0 fully saturated rings. The van der Waals surface area contributed by atoms with Gasteiger partial charge in [0.2, 0.25) is 0 Å². The summed E-state index contributed by atoms with van der Waals surface area (Å²) in [7, 11) is 1.70. The molecule has 0 heterocycles. The first kappa shape index (κ1) is 16.4. The minimum Gasteiger partial charge on any atom is -0.497 e. The zero-order valence-electron chi connectivity index (χ0n) is 12.3. The third-order valence-electron chi connectivity index (χ3n) is 3.24. The first-order chi connectivity index (χ1) is 10.2. The minimum absolute atomic E-state index is 0.319. The van der Waals surface area contributed by atoms with Crippen LogP contribution in [-0.4, -0.2) is 19.4 Å². The van der Waals surface area contributed by atoms with E-state index in [0.29, 0.717) is 6.04 Å². The average Bonchev–Trinajstić information content (AvgIpc) is 2.53. The van der Waals surface area contributed by atoms with Crippen LogP contribution in [-0.2, 0) is 0 Å². The maximum absolute atomic E-state index is 5.26. The molecule has 2 nitrogen and oxygen atoms in total. The average molecular weight is 366 g/mol. The number of halogens is 1. The lowest BCUT2D eigenvalue weighted by Crippen LogP contribution is -2.21. The van der Waals surface area contributed by atoms with Gasteiger partial charge >= 0.3 is 0 Å². The number of nitrogens with one attached hydrogen (secondary N) is 1. The highest BCUT2D eigenvalue weighted by Gasteiger charge is 2.06. The van der Waals surface area contributed by atoms with E-state index in [0.717, 1.165) is 22.5 Å². The molecule has 21 heavy (non-hydrogen) atoms. The lowest BCUT2D eigenvalue weighted by Gasteiger charge is -2.15. The molecule has 1 N–H and O–H groups in total. The lowest BCUT2D eigenvalue weighted by molar-refractivity contribution is 0.413. The summed E-state index contributed by atoms with van der Waals surface area (Å²) in [4.78, 5) is 1.29. The molecule has 2 aromatic carbocycles. The summed E-state index contributed by atoms with van der Waals surface area (Å²) in [5.41, 5.74) is 1.25. The maximum atomic E-state index is 5.26. The van der Waals surface area contributed by atoms with Crippen LogP contribution in [0.3, 0.4) is 0 Å². The van der Waals surface area contributed by atoms with Crippen molar-refractivity contribution in [1.29, 1.82) is 0 Å². The lowest BCUT2D eigenvalue weighted by atomic mass is 10.1. The molecule has 0 spiro atoms. The molecule has 0 bridgehead atoms. The Bertz CT molecular complexity index is 576. The highest BCUT2D eigenvalue weighted by molar-refractivity contribution is 9.10. The van der Waals surface area contributed by atoms with Crippen molar-refractivity contribution < 1.29 is 4.74 Å². The zero-order valence-corrected chi connectivity index (χ0v) is 14.7. The number of ether oxygens (including phenoxy) is 1. The number of methoxy groups -OCH3 is 1. The number of hydrogen-bond donors (Lipinski definition) is 1. The van der Waals surface area contributed by atoms with Crippen molar-refractivity contribution in [1.82, 2.24) is 5.32 Å². The molecular weight excluding hydrogens is 346 g/mol. The van der Waals surface area contributed by atoms with E-state index in [9.17, 15) is 0 Å². The second-order valence-electron chi connectivity index (χ2n) is 4.73. The molecule has 1 atom stereocenters. The van der Waals surface area contributed by atoms with E-state index in [4.69, 9.17) is 4.74 Å². The summed E-state index contributed by atoms with van der Waals surface area (Å²) < 4.78 is 6.43. The van der Waals surface area contributed by atoms with Gasteiger partial charge in [-0.25, -0.2) is 0 Å². The molecule has 2 rings (SSSR count). The van der Waals surface area contributed by atoms with Gasteiger partial charge in [-0.05, 0) is 52.7 Å². The topological polar surface area (TPSA) is 21.3 Å². The van der Waals surface area contributed by atoms with Crippen molar-refractivity contribution in [3.8, 4) is 5.75 Å². The summed E-state index contributed by atoms with van der Waals surface area (Å²) in [6.45, 7) is 3.14. The van der Waals surface area contributed by atoms with Crippen LogP contribution in [0.2, 0.25) is 0 Å². The van der Waals surface area contributed by atoms with Crippen LogP contribution in [0.15, 0.2) is 57.9 Å². The summed E-state index contributed by atoms with van der Waals surface area (Å²) in [5.74, 6) is 1.94. The standard InChI is InChI=1S/C17H20BrNOS/c1-13(14-6-5-7-15(12-14)20-2)19-10-11-21-17-9-4-3-8-16(17)18/h3-9,12-13,19H,10-11H2,1-2H3. The van der Waals surface area contributed by atoms with E-state index in [-0.39, 0.29) is 0 Å². The van der Waals surface area contributed by atoms with Gasteiger partial charge in [-0.15, -0.1) is 11.8 Å². The second-order valence-corrected chi connectivity index (χ2v) is 6.72. The molecule has 2 aromatic rings. The van der Waals surface area contributed by atoms with Crippen molar-refractivity contribution in [2.45, 2.75) is 17.9 Å².